The van der Waals surface area contributed by atoms with Gasteiger partial charge in [-0.15, -0.1) is 0 Å². The minimum atomic E-state index is -1.36. The van der Waals surface area contributed by atoms with Gasteiger partial charge in [0.1, 0.15) is 18.1 Å². The second-order valence-electron chi connectivity index (χ2n) is 8.54. The number of carbonyl (C=O) groups is 5. The lowest BCUT2D eigenvalue weighted by Gasteiger charge is -2.29. The summed E-state index contributed by atoms with van der Waals surface area (Å²) in [5, 5.41) is 14.3. The number of carboxylic acids is 1. The van der Waals surface area contributed by atoms with Gasteiger partial charge in [0, 0.05) is 13.1 Å². The molecule has 1 aliphatic heterocycles. The molecule has 0 spiro atoms. The Morgan fingerprint density at radius 2 is 1.68 bits per heavy atom. The van der Waals surface area contributed by atoms with Gasteiger partial charge < -0.3 is 43.6 Å². The standard InChI is InChI=1S/C20H36N8O6/c1-10(2)15(22)17(31)27-12(9-14(21)29)16(30)26-11(5-3-7-25-20(23)24)18(32)28-8-4-6-13(28)19(33)34/h10-13,15H,3-9,22H2,1-2H3,(H2,21,29)(H,26,30)(H,27,31)(H,33,34)(H4,23,24,25). The van der Waals surface area contributed by atoms with Crippen LogP contribution in [-0.4, -0.2) is 82.8 Å². The average Bonchev–Trinajstić information content (AvgIpc) is 3.23. The Bertz CT molecular complexity index is 798. The van der Waals surface area contributed by atoms with Crippen LogP contribution >= 0.6 is 0 Å². The molecule has 4 amide bonds. The number of aliphatic imine (C=N–C) groups is 1. The smallest absolute Gasteiger partial charge is 0.326 e. The molecule has 4 atom stereocenters. The molecule has 1 fully saturated rings. The summed E-state index contributed by atoms with van der Waals surface area (Å²) in [6.07, 6.45) is 0.672. The van der Waals surface area contributed by atoms with E-state index < -0.39 is 60.2 Å². The van der Waals surface area contributed by atoms with Gasteiger partial charge in [-0.25, -0.2) is 4.79 Å². The molecule has 0 radical (unpaired) electrons. The second-order valence-corrected chi connectivity index (χ2v) is 8.54. The summed E-state index contributed by atoms with van der Waals surface area (Å²) < 4.78 is 0. The zero-order chi connectivity index (χ0) is 26.0. The SMILES string of the molecule is CC(C)C(N)C(=O)NC(CC(N)=O)C(=O)NC(CCCN=C(N)N)C(=O)N1CCCC1C(=O)O. The van der Waals surface area contributed by atoms with Gasteiger partial charge in [-0.3, -0.25) is 24.2 Å². The Morgan fingerprint density at radius 3 is 2.21 bits per heavy atom. The third-order valence-corrected chi connectivity index (χ3v) is 5.44. The Hall–Kier alpha value is -3.42. The van der Waals surface area contributed by atoms with E-state index >= 15 is 0 Å². The van der Waals surface area contributed by atoms with E-state index in [-0.39, 0.29) is 31.4 Å². The number of guanidine groups is 1. The van der Waals surface area contributed by atoms with Gasteiger partial charge >= 0.3 is 5.97 Å². The van der Waals surface area contributed by atoms with Gasteiger partial charge in [0.05, 0.1) is 12.5 Å². The lowest BCUT2D eigenvalue weighted by atomic mass is 10.0. The van der Waals surface area contributed by atoms with E-state index in [0.29, 0.717) is 19.3 Å². The lowest BCUT2D eigenvalue weighted by Crippen LogP contribution is -2.58. The van der Waals surface area contributed by atoms with Gasteiger partial charge in [-0.05, 0) is 31.6 Å². The number of nitrogens with zero attached hydrogens (tertiary/aromatic N) is 2. The molecular weight excluding hydrogens is 448 g/mol. The van der Waals surface area contributed by atoms with Crippen molar-refractivity contribution in [3.8, 4) is 0 Å². The number of nitrogens with two attached hydrogens (primary N) is 4. The third-order valence-electron chi connectivity index (χ3n) is 5.44. The van der Waals surface area contributed by atoms with Gasteiger partial charge in [-0.1, -0.05) is 13.8 Å². The molecule has 11 N–H and O–H groups in total. The van der Waals surface area contributed by atoms with Crippen molar-refractivity contribution in [2.75, 3.05) is 13.1 Å². The van der Waals surface area contributed by atoms with Crippen LogP contribution in [0.4, 0.5) is 0 Å². The first-order chi connectivity index (χ1) is 15.8. The van der Waals surface area contributed by atoms with Crippen LogP contribution in [0.15, 0.2) is 4.99 Å². The maximum atomic E-state index is 13.2. The zero-order valence-electron chi connectivity index (χ0n) is 19.5. The van der Waals surface area contributed by atoms with E-state index in [2.05, 4.69) is 15.6 Å². The third kappa shape index (κ3) is 8.84. The van der Waals surface area contributed by atoms with Gasteiger partial charge in [0.15, 0.2) is 5.96 Å². The Labute approximate surface area is 197 Å². The summed E-state index contributed by atoms with van der Waals surface area (Å²) in [5.74, 6) is -4.43. The van der Waals surface area contributed by atoms with Crippen molar-refractivity contribution in [1.29, 1.82) is 0 Å². The number of carboxylic acid groups (broad SMARTS) is 1. The van der Waals surface area contributed by atoms with Crippen LogP contribution in [0.2, 0.25) is 0 Å². The molecule has 0 aromatic heterocycles. The predicted molar refractivity (Wildman–Crippen MR) is 123 cm³/mol. The van der Waals surface area contributed by atoms with Crippen LogP contribution in [0.3, 0.4) is 0 Å². The number of nitrogens with one attached hydrogen (secondary N) is 2. The molecule has 192 valence electrons. The van der Waals surface area contributed by atoms with Gasteiger partial charge in [0.25, 0.3) is 0 Å². The van der Waals surface area contributed by atoms with Crippen LogP contribution < -0.4 is 33.6 Å². The van der Waals surface area contributed by atoms with Crippen molar-refractivity contribution >= 4 is 35.6 Å². The number of primary amides is 1. The highest BCUT2D eigenvalue weighted by molar-refractivity contribution is 5.96. The summed E-state index contributed by atoms with van der Waals surface area (Å²) in [5.41, 5.74) is 21.6. The first-order valence-corrected chi connectivity index (χ1v) is 11.1. The average molecular weight is 485 g/mol. The van der Waals surface area contributed by atoms with Crippen LogP contribution in [0.5, 0.6) is 0 Å². The molecule has 1 heterocycles. The molecule has 0 aromatic rings. The van der Waals surface area contributed by atoms with Crippen molar-refractivity contribution in [3.05, 3.63) is 0 Å². The van der Waals surface area contributed by atoms with Crippen LogP contribution in [0, 0.1) is 5.92 Å². The normalized spacial score (nSPS) is 18.0. The highest BCUT2D eigenvalue weighted by Gasteiger charge is 2.38. The zero-order valence-corrected chi connectivity index (χ0v) is 19.5. The summed E-state index contributed by atoms with van der Waals surface area (Å²) in [6, 6.07) is -4.43. The number of rotatable bonds is 13. The highest BCUT2D eigenvalue weighted by atomic mass is 16.4. The van der Waals surface area contributed by atoms with Crippen LogP contribution in [0.25, 0.3) is 0 Å². The van der Waals surface area contributed by atoms with E-state index in [1.807, 2.05) is 0 Å². The monoisotopic (exact) mass is 484 g/mol. The quantitative estimate of drug-likeness (QED) is 0.0795. The number of carbonyl (C=O) groups excluding carboxylic acids is 4. The van der Waals surface area contributed by atoms with E-state index in [1.165, 1.54) is 4.90 Å². The lowest BCUT2D eigenvalue weighted by molar-refractivity contribution is -0.149. The number of aliphatic carboxylic acids is 1. The van der Waals surface area contributed by atoms with Gasteiger partial charge in [-0.2, -0.15) is 0 Å². The van der Waals surface area contributed by atoms with Crippen molar-refractivity contribution in [2.45, 2.75) is 70.1 Å². The summed E-state index contributed by atoms with van der Waals surface area (Å²) >= 11 is 0. The number of amides is 4. The molecule has 0 bridgehead atoms. The molecule has 1 rings (SSSR count). The van der Waals surface area contributed by atoms with E-state index in [4.69, 9.17) is 22.9 Å². The van der Waals surface area contributed by atoms with Crippen molar-refractivity contribution in [1.82, 2.24) is 15.5 Å². The molecule has 14 heteroatoms. The van der Waals surface area contributed by atoms with Crippen LogP contribution in [0.1, 0.15) is 46.0 Å². The number of hydrogen-bond donors (Lipinski definition) is 7. The molecule has 1 saturated heterocycles. The first kappa shape index (κ1) is 28.6. The summed E-state index contributed by atoms with van der Waals surface area (Å²) in [4.78, 5) is 66.5. The Morgan fingerprint density at radius 1 is 1.06 bits per heavy atom. The minimum absolute atomic E-state index is 0.0902. The summed E-state index contributed by atoms with van der Waals surface area (Å²) in [7, 11) is 0. The van der Waals surface area contributed by atoms with Crippen LogP contribution in [-0.2, 0) is 24.0 Å². The van der Waals surface area contributed by atoms with Gasteiger partial charge in [0.2, 0.25) is 23.6 Å². The van der Waals surface area contributed by atoms with E-state index in [1.54, 1.807) is 13.8 Å². The van der Waals surface area contributed by atoms with E-state index in [0.717, 1.165) is 0 Å². The molecule has 34 heavy (non-hydrogen) atoms. The Kier molecular flexibility index (Phi) is 11.2. The fourth-order valence-electron chi connectivity index (χ4n) is 3.50. The molecule has 0 aliphatic carbocycles. The molecule has 4 unspecified atom stereocenters. The minimum Gasteiger partial charge on any atom is -0.480 e. The molecule has 1 aliphatic rings. The second kappa shape index (κ2) is 13.3. The molecule has 0 saturated carbocycles. The summed E-state index contributed by atoms with van der Waals surface area (Å²) in [6.45, 7) is 3.83. The molecule has 14 nitrogen and oxygen atoms in total. The topological polar surface area (TPSA) is 249 Å². The highest BCUT2D eigenvalue weighted by Crippen LogP contribution is 2.19. The first-order valence-electron chi connectivity index (χ1n) is 11.1. The molecule has 0 aromatic carbocycles. The Balaban J connectivity index is 3.05. The maximum Gasteiger partial charge on any atom is 0.326 e. The van der Waals surface area contributed by atoms with E-state index in [9.17, 15) is 29.1 Å². The fourth-order valence-corrected chi connectivity index (χ4v) is 3.50. The largest absolute Gasteiger partial charge is 0.480 e. The molecular formula is C20H36N8O6. The number of hydrogen-bond acceptors (Lipinski definition) is 7. The predicted octanol–water partition coefficient (Wildman–Crippen LogP) is -3.06. The van der Waals surface area contributed by atoms with Crippen molar-refractivity contribution in [3.63, 3.8) is 0 Å². The van der Waals surface area contributed by atoms with Crippen molar-refractivity contribution in [2.24, 2.45) is 33.8 Å². The van der Waals surface area contributed by atoms with Crippen molar-refractivity contribution < 1.29 is 29.1 Å². The fraction of sp³-hybridized carbons (Fsp3) is 0.700. The number of likely N-dealkylation sites (tertiary alicyclic amines) is 1. The maximum absolute atomic E-state index is 13.2.